The van der Waals surface area contributed by atoms with Gasteiger partial charge in [0.1, 0.15) is 17.1 Å². The molecule has 12 heteroatoms. The van der Waals surface area contributed by atoms with Crippen LogP contribution < -0.4 is 10.6 Å². The molecule has 2 amide bonds. The van der Waals surface area contributed by atoms with Crippen molar-refractivity contribution in [2.75, 3.05) is 50.0 Å². The molecule has 2 aliphatic heterocycles. The standard InChI is InChI=1S/C22H31N7O4S/c1-14-12-23-20(34-14)27-19-25-16(18(30)28-7-9-32-10-8-28)11-17(26-19)24-15-5-6-29(13-15)21(31)33-22(2,3)4/h11-12,15H,5-10,13H2,1-4H3,(H2,23,24,25,26,27). The molecule has 1 atom stereocenters. The Morgan fingerprint density at radius 3 is 2.62 bits per heavy atom. The molecule has 11 nitrogen and oxygen atoms in total. The van der Waals surface area contributed by atoms with Gasteiger partial charge in [-0.2, -0.15) is 4.98 Å². The number of amides is 2. The molecular weight excluding hydrogens is 458 g/mol. The summed E-state index contributed by atoms with van der Waals surface area (Å²) in [4.78, 5) is 43.3. The molecule has 2 aliphatic rings. The summed E-state index contributed by atoms with van der Waals surface area (Å²) < 4.78 is 10.8. The number of anilines is 3. The predicted molar refractivity (Wildman–Crippen MR) is 129 cm³/mol. The van der Waals surface area contributed by atoms with Crippen LogP contribution in [0.4, 0.5) is 21.7 Å². The van der Waals surface area contributed by atoms with E-state index in [1.54, 1.807) is 22.1 Å². The van der Waals surface area contributed by atoms with Crippen LogP contribution in [-0.2, 0) is 9.47 Å². The van der Waals surface area contributed by atoms with Crippen molar-refractivity contribution in [2.24, 2.45) is 0 Å². The van der Waals surface area contributed by atoms with Gasteiger partial charge in [0, 0.05) is 49.4 Å². The summed E-state index contributed by atoms with van der Waals surface area (Å²) in [5.41, 5.74) is -0.254. The minimum atomic E-state index is -0.543. The van der Waals surface area contributed by atoms with E-state index in [1.165, 1.54) is 11.3 Å². The molecule has 4 rings (SSSR count). The minimum absolute atomic E-state index is 0.0243. The van der Waals surface area contributed by atoms with Gasteiger partial charge in [-0.1, -0.05) is 0 Å². The fraction of sp³-hybridized carbons (Fsp3) is 0.591. The smallest absolute Gasteiger partial charge is 0.410 e. The SMILES string of the molecule is Cc1cnc(Nc2nc(NC3CCN(C(=O)OC(C)(C)C)C3)cc(C(=O)N3CCOCC3)n2)s1. The third-order valence-electron chi connectivity index (χ3n) is 5.28. The molecule has 0 radical (unpaired) electrons. The first-order valence-electron chi connectivity index (χ1n) is 11.4. The van der Waals surface area contributed by atoms with Crippen molar-refractivity contribution in [2.45, 2.75) is 45.8 Å². The van der Waals surface area contributed by atoms with Gasteiger partial charge in [0.25, 0.3) is 5.91 Å². The van der Waals surface area contributed by atoms with Crippen LogP contribution in [0.1, 0.15) is 42.6 Å². The highest BCUT2D eigenvalue weighted by atomic mass is 32.1. The van der Waals surface area contributed by atoms with Gasteiger partial charge in [0.05, 0.1) is 13.2 Å². The lowest BCUT2D eigenvalue weighted by Crippen LogP contribution is -2.41. The van der Waals surface area contributed by atoms with E-state index >= 15 is 0 Å². The number of likely N-dealkylation sites (tertiary alicyclic amines) is 1. The van der Waals surface area contributed by atoms with Gasteiger partial charge in [-0.25, -0.2) is 14.8 Å². The lowest BCUT2D eigenvalue weighted by Gasteiger charge is -2.26. The molecular formula is C22H31N7O4S. The van der Waals surface area contributed by atoms with Crippen molar-refractivity contribution in [3.05, 3.63) is 22.8 Å². The Labute approximate surface area is 202 Å². The maximum absolute atomic E-state index is 13.1. The highest BCUT2D eigenvalue weighted by molar-refractivity contribution is 7.15. The van der Waals surface area contributed by atoms with Gasteiger partial charge in [-0.05, 0) is 34.1 Å². The molecule has 184 valence electrons. The first-order chi connectivity index (χ1) is 16.2. The van der Waals surface area contributed by atoms with E-state index < -0.39 is 5.60 Å². The molecule has 0 aromatic carbocycles. The summed E-state index contributed by atoms with van der Waals surface area (Å²) in [5.74, 6) is 0.630. The zero-order chi connectivity index (χ0) is 24.3. The molecule has 0 spiro atoms. The Morgan fingerprint density at radius 1 is 1.18 bits per heavy atom. The Bertz CT molecular complexity index is 1030. The lowest BCUT2D eigenvalue weighted by atomic mass is 10.2. The zero-order valence-electron chi connectivity index (χ0n) is 20.0. The number of aryl methyl sites for hydroxylation is 1. The number of thiazole rings is 1. The van der Waals surface area contributed by atoms with Crippen LogP contribution in [0.2, 0.25) is 0 Å². The van der Waals surface area contributed by atoms with Crippen LogP contribution in [0, 0.1) is 6.92 Å². The number of carbonyl (C=O) groups is 2. The van der Waals surface area contributed by atoms with E-state index in [0.29, 0.717) is 50.3 Å². The fourth-order valence-electron chi connectivity index (χ4n) is 3.70. The Morgan fingerprint density at radius 2 is 1.94 bits per heavy atom. The summed E-state index contributed by atoms with van der Waals surface area (Å²) in [6.07, 6.45) is 2.17. The lowest BCUT2D eigenvalue weighted by molar-refractivity contribution is 0.0292. The summed E-state index contributed by atoms with van der Waals surface area (Å²) in [6, 6.07) is 1.63. The number of nitrogens with zero attached hydrogens (tertiary/aromatic N) is 5. The van der Waals surface area contributed by atoms with Crippen molar-refractivity contribution in [1.29, 1.82) is 0 Å². The highest BCUT2D eigenvalue weighted by Gasteiger charge is 2.30. The van der Waals surface area contributed by atoms with E-state index in [-0.39, 0.29) is 29.7 Å². The Balaban J connectivity index is 1.50. The zero-order valence-corrected chi connectivity index (χ0v) is 20.8. The maximum atomic E-state index is 13.1. The van der Waals surface area contributed by atoms with Crippen molar-refractivity contribution in [1.82, 2.24) is 24.8 Å². The van der Waals surface area contributed by atoms with E-state index in [9.17, 15) is 9.59 Å². The minimum Gasteiger partial charge on any atom is -0.444 e. The Kier molecular flexibility index (Phi) is 7.17. The van der Waals surface area contributed by atoms with Crippen LogP contribution in [0.25, 0.3) is 0 Å². The van der Waals surface area contributed by atoms with Crippen molar-refractivity contribution in [3.8, 4) is 0 Å². The molecule has 34 heavy (non-hydrogen) atoms. The average Bonchev–Trinajstić information content (AvgIpc) is 3.41. The monoisotopic (exact) mass is 489 g/mol. The summed E-state index contributed by atoms with van der Waals surface area (Å²) in [7, 11) is 0. The molecule has 2 saturated heterocycles. The number of ether oxygens (including phenoxy) is 2. The molecule has 0 aliphatic carbocycles. The highest BCUT2D eigenvalue weighted by Crippen LogP contribution is 2.23. The largest absolute Gasteiger partial charge is 0.444 e. The van der Waals surface area contributed by atoms with E-state index in [4.69, 9.17) is 9.47 Å². The number of hydrogen-bond acceptors (Lipinski definition) is 10. The molecule has 0 saturated carbocycles. The van der Waals surface area contributed by atoms with Crippen molar-refractivity contribution >= 4 is 40.2 Å². The maximum Gasteiger partial charge on any atom is 0.410 e. The second kappa shape index (κ2) is 10.1. The number of morpholine rings is 1. The second-order valence-corrected chi connectivity index (χ2v) is 10.6. The van der Waals surface area contributed by atoms with Crippen LogP contribution in [0.15, 0.2) is 12.3 Å². The van der Waals surface area contributed by atoms with Crippen LogP contribution >= 0.6 is 11.3 Å². The molecule has 0 bridgehead atoms. The van der Waals surface area contributed by atoms with Crippen LogP contribution in [-0.4, -0.2) is 87.8 Å². The molecule has 4 heterocycles. The average molecular weight is 490 g/mol. The molecule has 2 N–H and O–H groups in total. The van der Waals surface area contributed by atoms with Gasteiger partial charge in [-0.15, -0.1) is 11.3 Å². The molecule has 2 aromatic rings. The van der Waals surface area contributed by atoms with E-state index in [2.05, 4.69) is 25.6 Å². The number of hydrogen-bond donors (Lipinski definition) is 2. The van der Waals surface area contributed by atoms with E-state index in [0.717, 1.165) is 11.3 Å². The van der Waals surface area contributed by atoms with Crippen molar-refractivity contribution in [3.63, 3.8) is 0 Å². The van der Waals surface area contributed by atoms with Crippen LogP contribution in [0.5, 0.6) is 0 Å². The third-order valence-corrected chi connectivity index (χ3v) is 6.10. The quantitative estimate of drug-likeness (QED) is 0.653. The summed E-state index contributed by atoms with van der Waals surface area (Å²) in [6.45, 7) is 10.6. The topological polar surface area (TPSA) is 122 Å². The fourth-order valence-corrected chi connectivity index (χ4v) is 4.36. The number of nitrogens with one attached hydrogen (secondary N) is 2. The molecule has 1 unspecified atom stereocenters. The van der Waals surface area contributed by atoms with Crippen LogP contribution in [0.3, 0.4) is 0 Å². The second-order valence-electron chi connectivity index (χ2n) is 9.32. The first kappa shape index (κ1) is 24.1. The number of carbonyl (C=O) groups excluding carboxylic acids is 2. The van der Waals surface area contributed by atoms with Gasteiger partial charge in [-0.3, -0.25) is 10.1 Å². The van der Waals surface area contributed by atoms with Gasteiger partial charge < -0.3 is 24.6 Å². The van der Waals surface area contributed by atoms with Gasteiger partial charge in [0.2, 0.25) is 5.95 Å². The summed E-state index contributed by atoms with van der Waals surface area (Å²) >= 11 is 1.48. The third kappa shape index (κ3) is 6.32. The normalized spacial score (nSPS) is 18.6. The number of aromatic nitrogens is 3. The molecule has 2 aromatic heterocycles. The molecule has 2 fully saturated rings. The Hall–Kier alpha value is -2.99. The van der Waals surface area contributed by atoms with Gasteiger partial charge >= 0.3 is 6.09 Å². The van der Waals surface area contributed by atoms with E-state index in [1.807, 2.05) is 27.7 Å². The number of rotatable bonds is 5. The summed E-state index contributed by atoms with van der Waals surface area (Å²) in [5, 5.41) is 7.12. The predicted octanol–water partition coefficient (Wildman–Crippen LogP) is 2.88. The van der Waals surface area contributed by atoms with Crippen molar-refractivity contribution < 1.29 is 19.1 Å². The van der Waals surface area contributed by atoms with Gasteiger partial charge in [0.15, 0.2) is 5.13 Å². The first-order valence-corrected chi connectivity index (χ1v) is 12.2.